The van der Waals surface area contributed by atoms with Gasteiger partial charge in [0, 0.05) is 4.88 Å². The number of amides is 2. The van der Waals surface area contributed by atoms with E-state index in [1.54, 1.807) is 11.3 Å². The van der Waals surface area contributed by atoms with Crippen molar-refractivity contribution in [2.45, 2.75) is 44.7 Å². The number of rotatable bonds is 5. The van der Waals surface area contributed by atoms with Gasteiger partial charge in [0.05, 0.1) is 11.5 Å². The second-order valence-corrected chi connectivity index (χ2v) is 7.82. The summed E-state index contributed by atoms with van der Waals surface area (Å²) >= 11 is 1.55. The molecule has 2 heterocycles. The number of anilines is 1. The van der Waals surface area contributed by atoms with Crippen LogP contribution in [0.3, 0.4) is 0 Å². The van der Waals surface area contributed by atoms with Crippen molar-refractivity contribution >= 4 is 22.4 Å². The Morgan fingerprint density at radius 3 is 2.75 bits per heavy atom. The third-order valence-electron chi connectivity index (χ3n) is 4.13. The number of hydrogen-bond acceptors (Lipinski definition) is 6. The van der Waals surface area contributed by atoms with E-state index in [2.05, 4.69) is 20.8 Å². The Balaban J connectivity index is 1.73. The van der Waals surface area contributed by atoms with Crippen LogP contribution in [0.15, 0.2) is 16.7 Å². The van der Waals surface area contributed by atoms with Gasteiger partial charge in [-0.25, -0.2) is 4.79 Å². The van der Waals surface area contributed by atoms with Crippen LogP contribution in [-0.4, -0.2) is 35.2 Å². The highest BCUT2D eigenvalue weighted by atomic mass is 32.1. The van der Waals surface area contributed by atoms with E-state index in [1.165, 1.54) is 0 Å². The van der Waals surface area contributed by atoms with Crippen molar-refractivity contribution < 1.29 is 9.32 Å². The number of nitrogens with zero attached hydrogens (tertiary/aromatic N) is 3. The molecule has 0 atom stereocenters. The Labute approximate surface area is 145 Å². The van der Waals surface area contributed by atoms with E-state index in [9.17, 15) is 4.79 Å². The molecule has 24 heavy (non-hydrogen) atoms. The first kappa shape index (κ1) is 16.9. The summed E-state index contributed by atoms with van der Waals surface area (Å²) < 4.78 is 5.34. The van der Waals surface area contributed by atoms with Gasteiger partial charge in [-0.1, -0.05) is 18.0 Å². The molecule has 1 fully saturated rings. The molecule has 1 aliphatic carbocycles. The number of hydrogen-bond donors (Lipinski definition) is 2. The molecule has 2 aromatic heterocycles. The maximum absolute atomic E-state index is 12.4. The number of carbonyl (C=O) groups excluding carboxylic acids is 1. The van der Waals surface area contributed by atoms with Gasteiger partial charge in [0.1, 0.15) is 5.54 Å². The minimum absolute atomic E-state index is 0.224. The molecule has 0 aromatic carbocycles. The fourth-order valence-corrected chi connectivity index (χ4v) is 3.79. The molecule has 0 saturated heterocycles. The standard InChI is InChI=1S/C16H23N5O2S/c1-11-6-7-13(24-11)18-15(22)19-16(8-4-5-9-16)14-17-12(23-20-14)10-21(2)3/h6-7H,4-5,8-10H2,1-3H3,(H2,18,19,22). The summed E-state index contributed by atoms with van der Waals surface area (Å²) in [5.74, 6) is 1.15. The van der Waals surface area contributed by atoms with Crippen molar-refractivity contribution in [2.75, 3.05) is 19.4 Å². The number of urea groups is 1. The van der Waals surface area contributed by atoms with Crippen molar-refractivity contribution in [1.82, 2.24) is 20.4 Å². The molecule has 8 heteroatoms. The van der Waals surface area contributed by atoms with Gasteiger partial charge in [0.2, 0.25) is 5.89 Å². The van der Waals surface area contributed by atoms with Crippen LogP contribution in [0.1, 0.15) is 42.3 Å². The predicted molar refractivity (Wildman–Crippen MR) is 93.0 cm³/mol. The maximum atomic E-state index is 12.4. The lowest BCUT2D eigenvalue weighted by Crippen LogP contribution is -2.46. The topological polar surface area (TPSA) is 83.3 Å². The number of carbonyl (C=O) groups is 1. The number of nitrogens with one attached hydrogen (secondary N) is 2. The normalized spacial score (nSPS) is 16.5. The molecule has 0 unspecified atom stereocenters. The van der Waals surface area contributed by atoms with Crippen LogP contribution in [0.25, 0.3) is 0 Å². The van der Waals surface area contributed by atoms with Crippen molar-refractivity contribution in [3.8, 4) is 0 Å². The van der Waals surface area contributed by atoms with Crippen LogP contribution < -0.4 is 10.6 Å². The lowest BCUT2D eigenvalue weighted by atomic mass is 9.97. The van der Waals surface area contributed by atoms with Crippen molar-refractivity contribution in [3.05, 3.63) is 28.7 Å². The van der Waals surface area contributed by atoms with E-state index in [1.807, 2.05) is 38.1 Å². The highest BCUT2D eigenvalue weighted by Gasteiger charge is 2.41. The minimum Gasteiger partial charge on any atom is -0.338 e. The van der Waals surface area contributed by atoms with E-state index in [0.29, 0.717) is 18.3 Å². The summed E-state index contributed by atoms with van der Waals surface area (Å²) in [7, 11) is 3.90. The Kier molecular flexibility index (Phi) is 4.86. The number of aromatic nitrogens is 2. The second-order valence-electron chi connectivity index (χ2n) is 6.53. The van der Waals surface area contributed by atoms with Crippen molar-refractivity contribution in [3.63, 3.8) is 0 Å². The average molecular weight is 349 g/mol. The Bertz CT molecular complexity index is 703. The molecule has 2 amide bonds. The zero-order chi connectivity index (χ0) is 17.2. The molecular formula is C16H23N5O2S. The highest BCUT2D eigenvalue weighted by Crippen LogP contribution is 2.37. The first-order valence-electron chi connectivity index (χ1n) is 8.10. The van der Waals surface area contributed by atoms with Gasteiger partial charge >= 0.3 is 6.03 Å². The SMILES string of the molecule is Cc1ccc(NC(=O)NC2(c3noc(CN(C)C)n3)CCCC2)s1. The second kappa shape index (κ2) is 6.90. The number of aryl methyl sites for hydroxylation is 1. The summed E-state index contributed by atoms with van der Waals surface area (Å²) in [4.78, 5) is 20.1. The maximum Gasteiger partial charge on any atom is 0.320 e. The van der Waals surface area contributed by atoms with E-state index in [4.69, 9.17) is 4.52 Å². The summed E-state index contributed by atoms with van der Waals surface area (Å²) in [5, 5.41) is 11.0. The van der Waals surface area contributed by atoms with Gasteiger partial charge in [-0.15, -0.1) is 11.3 Å². The monoisotopic (exact) mass is 349 g/mol. The summed E-state index contributed by atoms with van der Waals surface area (Å²) in [6.07, 6.45) is 3.72. The summed E-state index contributed by atoms with van der Waals surface area (Å²) in [5.41, 5.74) is -0.537. The van der Waals surface area contributed by atoms with Crippen LogP contribution in [-0.2, 0) is 12.1 Å². The molecule has 2 aromatic rings. The highest BCUT2D eigenvalue weighted by molar-refractivity contribution is 7.16. The predicted octanol–water partition coefficient (Wildman–Crippen LogP) is 3.09. The zero-order valence-corrected chi connectivity index (χ0v) is 15.1. The van der Waals surface area contributed by atoms with E-state index in [0.717, 1.165) is 35.6 Å². The zero-order valence-electron chi connectivity index (χ0n) is 14.3. The molecule has 0 spiro atoms. The molecule has 7 nitrogen and oxygen atoms in total. The Morgan fingerprint density at radius 2 is 2.12 bits per heavy atom. The van der Waals surface area contributed by atoms with Crippen LogP contribution in [0.4, 0.5) is 9.80 Å². The van der Waals surface area contributed by atoms with E-state index in [-0.39, 0.29) is 6.03 Å². The fraction of sp³-hybridized carbons (Fsp3) is 0.562. The molecule has 0 aliphatic heterocycles. The molecular weight excluding hydrogens is 326 g/mol. The molecule has 0 radical (unpaired) electrons. The van der Waals surface area contributed by atoms with Gasteiger partial charge in [0.15, 0.2) is 5.82 Å². The Morgan fingerprint density at radius 1 is 1.38 bits per heavy atom. The quantitative estimate of drug-likeness (QED) is 0.867. The summed E-state index contributed by atoms with van der Waals surface area (Å²) in [6, 6.07) is 3.67. The largest absolute Gasteiger partial charge is 0.338 e. The molecule has 130 valence electrons. The van der Waals surface area contributed by atoms with Crippen molar-refractivity contribution in [1.29, 1.82) is 0 Å². The average Bonchev–Trinajstić information content (AvgIpc) is 3.21. The van der Waals surface area contributed by atoms with Gasteiger partial charge in [-0.2, -0.15) is 4.98 Å². The fourth-order valence-electron chi connectivity index (χ4n) is 3.03. The van der Waals surface area contributed by atoms with Gasteiger partial charge in [-0.3, -0.25) is 5.32 Å². The third kappa shape index (κ3) is 3.76. The van der Waals surface area contributed by atoms with Crippen molar-refractivity contribution in [2.24, 2.45) is 0 Å². The lowest BCUT2D eigenvalue weighted by molar-refractivity contribution is 0.232. The van der Waals surface area contributed by atoms with E-state index >= 15 is 0 Å². The van der Waals surface area contributed by atoms with Crippen LogP contribution >= 0.6 is 11.3 Å². The minimum atomic E-state index is -0.537. The Hall–Kier alpha value is -1.93. The first-order valence-corrected chi connectivity index (χ1v) is 8.92. The smallest absolute Gasteiger partial charge is 0.320 e. The number of thiophene rings is 1. The van der Waals surface area contributed by atoms with E-state index < -0.39 is 5.54 Å². The third-order valence-corrected chi connectivity index (χ3v) is 5.05. The molecule has 3 rings (SSSR count). The van der Waals surface area contributed by atoms with Crippen LogP contribution in [0.2, 0.25) is 0 Å². The van der Waals surface area contributed by atoms with Gasteiger partial charge in [0.25, 0.3) is 0 Å². The first-order chi connectivity index (χ1) is 11.5. The lowest BCUT2D eigenvalue weighted by Gasteiger charge is -2.26. The van der Waals surface area contributed by atoms with Gasteiger partial charge in [-0.05, 0) is 46.0 Å². The van der Waals surface area contributed by atoms with Crippen LogP contribution in [0.5, 0.6) is 0 Å². The molecule has 2 N–H and O–H groups in total. The molecule has 1 aliphatic rings. The van der Waals surface area contributed by atoms with Gasteiger partial charge < -0.3 is 14.7 Å². The molecule has 1 saturated carbocycles. The van der Waals surface area contributed by atoms with Crippen LogP contribution in [0, 0.1) is 6.92 Å². The summed E-state index contributed by atoms with van der Waals surface area (Å²) in [6.45, 7) is 2.60. The molecule has 0 bridgehead atoms.